The van der Waals surface area contributed by atoms with Crippen LogP contribution in [-0.4, -0.2) is 4.57 Å². The molecule has 0 atom stereocenters. The van der Waals surface area contributed by atoms with Crippen LogP contribution in [0.15, 0.2) is 249 Å². The summed E-state index contributed by atoms with van der Waals surface area (Å²) in [5.41, 5.74) is 14.9. The molecular weight excluding hydrogens is 795 g/mol. The van der Waals surface area contributed by atoms with Gasteiger partial charge < -0.3 is 14.4 Å². The maximum atomic E-state index is 2.46. The molecule has 0 aliphatic carbocycles. The highest BCUT2D eigenvalue weighted by Gasteiger charge is 2.22. The summed E-state index contributed by atoms with van der Waals surface area (Å²) >= 11 is 1.89. The van der Waals surface area contributed by atoms with Crippen LogP contribution in [0.4, 0.5) is 34.1 Å². The second kappa shape index (κ2) is 15.9. The molecule has 4 heteroatoms. The first-order chi connectivity index (χ1) is 31.7. The van der Waals surface area contributed by atoms with E-state index in [0.717, 1.165) is 45.3 Å². The Morgan fingerprint density at radius 2 is 0.750 bits per heavy atom. The third kappa shape index (κ3) is 6.60. The second-order valence-corrected chi connectivity index (χ2v) is 17.2. The van der Waals surface area contributed by atoms with Crippen LogP contribution in [0, 0.1) is 0 Å². The van der Waals surface area contributed by atoms with Crippen LogP contribution >= 0.6 is 11.3 Å². The van der Waals surface area contributed by atoms with Gasteiger partial charge in [-0.3, -0.25) is 0 Å². The summed E-state index contributed by atoms with van der Waals surface area (Å²) in [5, 5.41) is 5.08. The minimum absolute atomic E-state index is 1.08. The van der Waals surface area contributed by atoms with Gasteiger partial charge in [-0.15, -0.1) is 11.3 Å². The summed E-state index contributed by atoms with van der Waals surface area (Å²) in [4.78, 5) is 4.72. The fourth-order valence-corrected chi connectivity index (χ4v) is 10.6. The van der Waals surface area contributed by atoms with Crippen molar-refractivity contribution in [1.82, 2.24) is 4.57 Å². The third-order valence-corrected chi connectivity index (χ3v) is 13.6. The molecule has 3 nitrogen and oxygen atoms in total. The van der Waals surface area contributed by atoms with Gasteiger partial charge in [0.2, 0.25) is 0 Å². The normalized spacial score (nSPS) is 11.4. The molecule has 0 spiro atoms. The Kier molecular flexibility index (Phi) is 9.36. The number of aromatic nitrogens is 1. The first kappa shape index (κ1) is 37.6. The summed E-state index contributed by atoms with van der Waals surface area (Å²) in [5.74, 6) is 0. The predicted octanol–water partition coefficient (Wildman–Crippen LogP) is 17.4. The number of nitrogens with zero attached hydrogens (tertiary/aromatic N) is 3. The van der Waals surface area contributed by atoms with Gasteiger partial charge in [0, 0.05) is 70.8 Å². The molecule has 10 aromatic carbocycles. The second-order valence-electron chi connectivity index (χ2n) is 16.2. The summed E-state index contributed by atoms with van der Waals surface area (Å²) < 4.78 is 5.07. The smallest absolute Gasteiger partial charge is 0.0555 e. The summed E-state index contributed by atoms with van der Waals surface area (Å²) in [6, 6.07) is 89.9. The molecule has 0 aliphatic rings. The standard InChI is InChI=1S/C60H41N3S/c1-5-16-42(17-6-1)43-28-30-44(31-29-43)45-32-34-49(35-33-45)62(48-22-11-4-12-23-48)50-24-15-25-51(40-50)63-56-38-36-52(61(46-18-7-2-8-19-46)47-20-9-3-10-21-47)41-55(56)59-57(63)39-37-54-53-26-13-14-27-58(53)64-60(54)59/h1-41H. The number of thiophene rings is 1. The number of benzene rings is 10. The SMILES string of the molecule is c1ccc(-c2ccc(-c3ccc(N(c4ccccc4)c4cccc(-n5c6ccc(N(c7ccccc7)c7ccccc7)cc6c6c7sc8ccccc8c7ccc65)c4)cc3)cc2)cc1. The third-order valence-electron chi connectivity index (χ3n) is 12.4. The lowest BCUT2D eigenvalue weighted by Gasteiger charge is -2.26. The molecule has 0 bridgehead atoms. The van der Waals surface area contributed by atoms with E-state index >= 15 is 0 Å². The van der Waals surface area contributed by atoms with Crippen molar-refractivity contribution in [2.75, 3.05) is 9.80 Å². The Balaban J connectivity index is 1.01. The number of rotatable bonds is 9. The summed E-state index contributed by atoms with van der Waals surface area (Å²) in [7, 11) is 0. The molecule has 0 N–H and O–H groups in total. The molecule has 12 aromatic rings. The van der Waals surface area contributed by atoms with Crippen LogP contribution < -0.4 is 9.80 Å². The highest BCUT2D eigenvalue weighted by Crippen LogP contribution is 2.46. The lowest BCUT2D eigenvalue weighted by Crippen LogP contribution is -2.10. The topological polar surface area (TPSA) is 11.4 Å². The summed E-state index contributed by atoms with van der Waals surface area (Å²) in [6.07, 6.45) is 0. The fraction of sp³-hybridized carbons (Fsp3) is 0. The number of fused-ring (bicyclic) bond motifs is 7. The first-order valence-corrected chi connectivity index (χ1v) is 22.6. The molecule has 0 saturated carbocycles. The van der Waals surface area contributed by atoms with Crippen LogP contribution in [0.5, 0.6) is 0 Å². The van der Waals surface area contributed by atoms with E-state index in [1.807, 2.05) is 11.3 Å². The van der Waals surface area contributed by atoms with Gasteiger partial charge in [0.1, 0.15) is 0 Å². The molecule has 0 radical (unpaired) electrons. The Bertz CT molecular complexity index is 3540. The van der Waals surface area contributed by atoms with Gasteiger partial charge in [0.05, 0.1) is 11.0 Å². The Hall–Kier alpha value is -8.18. The monoisotopic (exact) mass is 835 g/mol. The van der Waals surface area contributed by atoms with E-state index in [0.29, 0.717) is 0 Å². The van der Waals surface area contributed by atoms with Crippen molar-refractivity contribution in [1.29, 1.82) is 0 Å². The van der Waals surface area contributed by atoms with Crippen LogP contribution in [0.25, 0.3) is 69.9 Å². The van der Waals surface area contributed by atoms with E-state index in [4.69, 9.17) is 0 Å². The molecule has 0 saturated heterocycles. The van der Waals surface area contributed by atoms with Gasteiger partial charge in [-0.2, -0.15) is 0 Å². The lowest BCUT2D eigenvalue weighted by molar-refractivity contribution is 1.17. The molecule has 302 valence electrons. The van der Waals surface area contributed by atoms with Gasteiger partial charge in [-0.05, 0) is 119 Å². The van der Waals surface area contributed by atoms with Crippen LogP contribution in [0.1, 0.15) is 0 Å². The number of anilines is 6. The molecule has 2 heterocycles. The fourth-order valence-electron chi connectivity index (χ4n) is 9.38. The Morgan fingerprint density at radius 3 is 1.36 bits per heavy atom. The molecule has 0 amide bonds. The van der Waals surface area contributed by atoms with Crippen molar-refractivity contribution in [3.05, 3.63) is 249 Å². The molecule has 2 aromatic heterocycles. The van der Waals surface area contributed by atoms with Crippen molar-refractivity contribution >= 4 is 87.4 Å². The van der Waals surface area contributed by atoms with Crippen molar-refractivity contribution in [2.24, 2.45) is 0 Å². The van der Waals surface area contributed by atoms with Gasteiger partial charge >= 0.3 is 0 Å². The van der Waals surface area contributed by atoms with Crippen molar-refractivity contribution in [3.63, 3.8) is 0 Å². The highest BCUT2D eigenvalue weighted by atomic mass is 32.1. The average molecular weight is 836 g/mol. The zero-order chi connectivity index (χ0) is 42.4. The number of para-hydroxylation sites is 3. The van der Waals surface area contributed by atoms with E-state index in [1.54, 1.807) is 0 Å². The zero-order valence-electron chi connectivity index (χ0n) is 34.9. The van der Waals surface area contributed by atoms with Crippen molar-refractivity contribution in [3.8, 4) is 27.9 Å². The van der Waals surface area contributed by atoms with Crippen LogP contribution in [-0.2, 0) is 0 Å². The largest absolute Gasteiger partial charge is 0.310 e. The maximum Gasteiger partial charge on any atom is 0.0555 e. The molecule has 12 rings (SSSR count). The lowest BCUT2D eigenvalue weighted by atomic mass is 10.00. The van der Waals surface area contributed by atoms with E-state index in [1.165, 1.54) is 58.7 Å². The van der Waals surface area contributed by atoms with E-state index < -0.39 is 0 Å². The minimum Gasteiger partial charge on any atom is -0.310 e. The molecule has 0 fully saturated rings. The Morgan fingerprint density at radius 1 is 0.297 bits per heavy atom. The van der Waals surface area contributed by atoms with Gasteiger partial charge in [0.25, 0.3) is 0 Å². The maximum absolute atomic E-state index is 2.46. The van der Waals surface area contributed by atoms with Gasteiger partial charge in [-0.25, -0.2) is 0 Å². The number of hydrogen-bond donors (Lipinski definition) is 0. The first-order valence-electron chi connectivity index (χ1n) is 21.8. The van der Waals surface area contributed by atoms with Crippen molar-refractivity contribution in [2.45, 2.75) is 0 Å². The van der Waals surface area contributed by atoms with E-state index in [-0.39, 0.29) is 0 Å². The molecule has 64 heavy (non-hydrogen) atoms. The van der Waals surface area contributed by atoms with Crippen molar-refractivity contribution < 1.29 is 0 Å². The highest BCUT2D eigenvalue weighted by molar-refractivity contribution is 7.26. The van der Waals surface area contributed by atoms with Crippen LogP contribution in [0.3, 0.4) is 0 Å². The van der Waals surface area contributed by atoms with E-state index in [9.17, 15) is 0 Å². The predicted molar refractivity (Wildman–Crippen MR) is 274 cm³/mol. The molecule has 0 unspecified atom stereocenters. The Labute approximate surface area is 376 Å². The van der Waals surface area contributed by atoms with Gasteiger partial charge in [-0.1, -0.05) is 152 Å². The minimum atomic E-state index is 1.08. The molecule has 0 aliphatic heterocycles. The quantitative estimate of drug-likeness (QED) is 0.143. The average Bonchev–Trinajstić information content (AvgIpc) is 3.92. The number of hydrogen-bond acceptors (Lipinski definition) is 3. The van der Waals surface area contributed by atoms with E-state index in [2.05, 4.69) is 263 Å². The van der Waals surface area contributed by atoms with Crippen LogP contribution in [0.2, 0.25) is 0 Å². The van der Waals surface area contributed by atoms with Gasteiger partial charge in [0.15, 0.2) is 0 Å². The zero-order valence-corrected chi connectivity index (χ0v) is 35.7. The summed E-state index contributed by atoms with van der Waals surface area (Å²) in [6.45, 7) is 0. The molecular formula is C60H41N3S.